The van der Waals surface area contributed by atoms with Crippen molar-refractivity contribution >= 4 is 23.1 Å². The monoisotopic (exact) mass is 379 g/mol. The van der Waals surface area contributed by atoms with Crippen molar-refractivity contribution in [3.63, 3.8) is 0 Å². The highest BCUT2D eigenvalue weighted by atomic mass is 32.2. The van der Waals surface area contributed by atoms with Crippen molar-refractivity contribution in [3.8, 4) is 0 Å². The molecule has 1 aromatic carbocycles. The van der Waals surface area contributed by atoms with Gasteiger partial charge in [0.15, 0.2) is 6.04 Å². The molecule has 142 valence electrons. The van der Waals surface area contributed by atoms with Gasteiger partial charge in [0.05, 0.1) is 0 Å². The smallest absolute Gasteiger partial charge is 0.333 e. The standard InChI is InChI=1S/C19H25NO5S/c1-3-19(2)16(18(22)24-13-14-9-5-4-6-10-14)20(26(23)25-19)17(21)15-11-7-8-12-15/h4-6,9-10,15-16H,3,7-8,11-13H2,1-2H3/t16-,19-,26?/m1/s1. The van der Waals surface area contributed by atoms with Gasteiger partial charge in [0, 0.05) is 5.92 Å². The van der Waals surface area contributed by atoms with Crippen molar-refractivity contribution in [1.82, 2.24) is 4.31 Å². The lowest BCUT2D eigenvalue weighted by atomic mass is 9.92. The topological polar surface area (TPSA) is 72.9 Å². The molecule has 0 N–H and O–H groups in total. The largest absolute Gasteiger partial charge is 0.459 e. The molecule has 1 aliphatic carbocycles. The summed E-state index contributed by atoms with van der Waals surface area (Å²) in [7, 11) is 0. The lowest BCUT2D eigenvalue weighted by Gasteiger charge is -2.29. The Hall–Kier alpha value is -1.73. The highest BCUT2D eigenvalue weighted by Crippen LogP contribution is 2.38. The Balaban J connectivity index is 1.79. The van der Waals surface area contributed by atoms with E-state index in [4.69, 9.17) is 8.92 Å². The predicted octanol–water partition coefficient (Wildman–Crippen LogP) is 2.89. The molecule has 7 heteroatoms. The lowest BCUT2D eigenvalue weighted by Crippen LogP contribution is -2.52. The first-order chi connectivity index (χ1) is 12.5. The van der Waals surface area contributed by atoms with Crippen molar-refractivity contribution < 1.29 is 22.7 Å². The number of carbonyl (C=O) groups is 2. The molecular weight excluding hydrogens is 354 g/mol. The molecule has 2 fully saturated rings. The molecular formula is C19H25NO5S. The molecule has 6 nitrogen and oxygen atoms in total. The van der Waals surface area contributed by atoms with Gasteiger partial charge in [-0.15, -0.1) is 0 Å². The van der Waals surface area contributed by atoms with E-state index in [0.717, 1.165) is 35.6 Å². The van der Waals surface area contributed by atoms with Gasteiger partial charge in [0.1, 0.15) is 12.2 Å². The van der Waals surface area contributed by atoms with Crippen LogP contribution in [-0.4, -0.2) is 32.0 Å². The van der Waals surface area contributed by atoms with Gasteiger partial charge in [0.25, 0.3) is 11.3 Å². The number of carbonyl (C=O) groups excluding carboxylic acids is 2. The minimum absolute atomic E-state index is 0.105. The summed E-state index contributed by atoms with van der Waals surface area (Å²) in [6, 6.07) is 8.33. The molecule has 1 unspecified atom stereocenters. The van der Waals surface area contributed by atoms with Crippen LogP contribution in [0.3, 0.4) is 0 Å². The second-order valence-electron chi connectivity index (χ2n) is 7.11. The third-order valence-corrected chi connectivity index (χ3v) is 6.54. The second kappa shape index (κ2) is 7.88. The van der Waals surface area contributed by atoms with Gasteiger partial charge < -0.3 is 4.74 Å². The zero-order valence-electron chi connectivity index (χ0n) is 15.2. The first kappa shape index (κ1) is 19.0. The molecule has 1 saturated heterocycles. The maximum absolute atomic E-state index is 12.9. The van der Waals surface area contributed by atoms with E-state index in [9.17, 15) is 13.8 Å². The van der Waals surface area contributed by atoms with Gasteiger partial charge in [-0.1, -0.05) is 50.1 Å². The first-order valence-electron chi connectivity index (χ1n) is 9.11. The Morgan fingerprint density at radius 1 is 1.27 bits per heavy atom. The van der Waals surface area contributed by atoms with Crippen LogP contribution in [0.1, 0.15) is 51.5 Å². The summed E-state index contributed by atoms with van der Waals surface area (Å²) < 4.78 is 24.6. The number of rotatable bonds is 5. The molecule has 0 spiro atoms. The van der Waals surface area contributed by atoms with Crippen LogP contribution in [0.2, 0.25) is 0 Å². The first-order valence-corrected chi connectivity index (χ1v) is 10.1. The van der Waals surface area contributed by atoms with E-state index >= 15 is 0 Å². The number of esters is 1. The van der Waals surface area contributed by atoms with Crippen LogP contribution in [0.5, 0.6) is 0 Å². The highest BCUT2D eigenvalue weighted by molar-refractivity contribution is 7.78. The predicted molar refractivity (Wildman–Crippen MR) is 96.8 cm³/mol. The van der Waals surface area contributed by atoms with Crippen molar-refractivity contribution in [3.05, 3.63) is 35.9 Å². The number of hydrogen-bond donors (Lipinski definition) is 0. The Morgan fingerprint density at radius 3 is 2.54 bits per heavy atom. The maximum atomic E-state index is 12.9. The molecule has 0 aromatic heterocycles. The highest BCUT2D eigenvalue weighted by Gasteiger charge is 2.57. The molecule has 3 atom stereocenters. The zero-order chi connectivity index (χ0) is 18.7. The minimum atomic E-state index is -1.97. The second-order valence-corrected chi connectivity index (χ2v) is 8.10. The lowest BCUT2D eigenvalue weighted by molar-refractivity contribution is -0.157. The SMILES string of the molecule is CC[C@@]1(C)OS(=O)N(C(=O)C2CCCC2)[C@@H]1C(=O)OCc1ccccc1. The van der Waals surface area contributed by atoms with E-state index in [1.54, 1.807) is 6.92 Å². The van der Waals surface area contributed by atoms with E-state index in [1.807, 2.05) is 37.3 Å². The summed E-state index contributed by atoms with van der Waals surface area (Å²) in [6.45, 7) is 3.66. The Morgan fingerprint density at radius 2 is 1.92 bits per heavy atom. The van der Waals surface area contributed by atoms with Crippen LogP contribution in [0, 0.1) is 5.92 Å². The molecule has 1 aliphatic heterocycles. The summed E-state index contributed by atoms with van der Waals surface area (Å²) in [4.78, 5) is 25.7. The summed E-state index contributed by atoms with van der Waals surface area (Å²) in [5, 5.41) is 0. The summed E-state index contributed by atoms with van der Waals surface area (Å²) in [6.07, 6.45) is 3.93. The molecule has 3 rings (SSSR count). The third kappa shape index (κ3) is 3.69. The molecule has 26 heavy (non-hydrogen) atoms. The van der Waals surface area contributed by atoms with Crippen molar-refractivity contribution in [2.75, 3.05) is 0 Å². The van der Waals surface area contributed by atoms with Crippen LogP contribution < -0.4 is 0 Å². The summed E-state index contributed by atoms with van der Waals surface area (Å²) in [5.74, 6) is -1.03. The van der Waals surface area contributed by atoms with Gasteiger partial charge in [-0.2, -0.15) is 0 Å². The van der Waals surface area contributed by atoms with Gasteiger partial charge in [-0.05, 0) is 31.7 Å². The number of ether oxygens (including phenoxy) is 1. The Kier molecular flexibility index (Phi) is 5.77. The van der Waals surface area contributed by atoms with E-state index in [1.165, 1.54) is 0 Å². The number of benzene rings is 1. The maximum Gasteiger partial charge on any atom is 0.333 e. The molecule has 1 amide bonds. The van der Waals surface area contributed by atoms with Gasteiger partial charge in [-0.25, -0.2) is 13.3 Å². The van der Waals surface area contributed by atoms with Gasteiger partial charge in [-0.3, -0.25) is 8.98 Å². The Labute approximate surface area is 156 Å². The molecule has 1 heterocycles. The van der Waals surface area contributed by atoms with Crippen LogP contribution in [0.25, 0.3) is 0 Å². The van der Waals surface area contributed by atoms with E-state index in [0.29, 0.717) is 6.42 Å². The zero-order valence-corrected chi connectivity index (χ0v) is 16.0. The van der Waals surface area contributed by atoms with Gasteiger partial charge in [0.2, 0.25) is 5.91 Å². The molecule has 1 aromatic rings. The number of amides is 1. The van der Waals surface area contributed by atoms with Crippen LogP contribution in [0.4, 0.5) is 0 Å². The molecule has 1 saturated carbocycles. The molecule has 0 radical (unpaired) electrons. The fraction of sp³-hybridized carbons (Fsp3) is 0.579. The Bertz CT molecular complexity index is 688. The normalized spacial score (nSPS) is 29.1. The summed E-state index contributed by atoms with van der Waals surface area (Å²) in [5.41, 5.74) is -0.167. The van der Waals surface area contributed by atoms with Crippen LogP contribution in [-0.2, 0) is 36.4 Å². The minimum Gasteiger partial charge on any atom is -0.459 e. The average molecular weight is 379 g/mol. The van der Waals surface area contributed by atoms with Crippen LogP contribution in [0.15, 0.2) is 30.3 Å². The fourth-order valence-electron chi connectivity index (χ4n) is 3.54. The molecule has 2 aliphatic rings. The van der Waals surface area contributed by atoms with Crippen LogP contribution >= 0.6 is 0 Å². The van der Waals surface area contributed by atoms with E-state index in [-0.39, 0.29) is 18.4 Å². The van der Waals surface area contributed by atoms with Crippen molar-refractivity contribution in [2.45, 2.75) is 64.2 Å². The average Bonchev–Trinajstić information content (AvgIpc) is 3.27. The van der Waals surface area contributed by atoms with Gasteiger partial charge >= 0.3 is 5.97 Å². The third-order valence-electron chi connectivity index (χ3n) is 5.31. The quantitative estimate of drug-likeness (QED) is 0.736. The number of nitrogens with zero attached hydrogens (tertiary/aromatic N) is 1. The van der Waals surface area contributed by atoms with E-state index < -0.39 is 28.9 Å². The fourth-order valence-corrected chi connectivity index (χ4v) is 4.93. The molecule has 0 bridgehead atoms. The van der Waals surface area contributed by atoms with E-state index in [2.05, 4.69) is 0 Å². The number of hydrogen-bond acceptors (Lipinski definition) is 5. The van der Waals surface area contributed by atoms with Crippen molar-refractivity contribution in [2.24, 2.45) is 5.92 Å². The van der Waals surface area contributed by atoms with Crippen molar-refractivity contribution in [1.29, 1.82) is 0 Å². The summed E-state index contributed by atoms with van der Waals surface area (Å²) >= 11 is -1.97.